The minimum atomic E-state index is -0.566. The molecule has 0 unspecified atom stereocenters. The van der Waals surface area contributed by atoms with Crippen LogP contribution < -0.4 is 4.90 Å². The Morgan fingerprint density at radius 3 is 2.47 bits per heavy atom. The predicted octanol–water partition coefficient (Wildman–Crippen LogP) is 4.53. The van der Waals surface area contributed by atoms with Crippen molar-refractivity contribution in [2.24, 2.45) is 5.41 Å². The molecule has 0 aromatic heterocycles. The topological polar surface area (TPSA) is 63.7 Å². The van der Waals surface area contributed by atoms with E-state index in [0.29, 0.717) is 10.5 Å². The Bertz CT molecular complexity index is 964. The highest BCUT2D eigenvalue weighted by atomic mass is 32.2. The van der Waals surface area contributed by atoms with E-state index >= 15 is 0 Å². The van der Waals surface area contributed by atoms with Gasteiger partial charge in [0.15, 0.2) is 12.4 Å². The molecule has 30 heavy (non-hydrogen) atoms. The molecular formula is C24H27NO4S. The van der Waals surface area contributed by atoms with Gasteiger partial charge in [-0.15, -0.1) is 11.8 Å². The van der Waals surface area contributed by atoms with E-state index in [1.165, 1.54) is 17.3 Å². The number of rotatable bonds is 6. The van der Waals surface area contributed by atoms with Gasteiger partial charge in [-0.05, 0) is 37.1 Å². The highest BCUT2D eigenvalue weighted by Crippen LogP contribution is 2.33. The van der Waals surface area contributed by atoms with E-state index in [1.54, 1.807) is 39.0 Å². The fraction of sp³-hybridized carbons (Fsp3) is 0.375. The molecule has 2 aromatic carbocycles. The Morgan fingerprint density at radius 2 is 1.73 bits per heavy atom. The zero-order valence-corrected chi connectivity index (χ0v) is 18.6. The van der Waals surface area contributed by atoms with Crippen LogP contribution in [0.15, 0.2) is 53.4 Å². The summed E-state index contributed by atoms with van der Waals surface area (Å²) in [5, 5.41) is 0. The van der Waals surface area contributed by atoms with Crippen molar-refractivity contribution in [2.45, 2.75) is 45.1 Å². The van der Waals surface area contributed by atoms with E-state index in [9.17, 15) is 14.4 Å². The molecule has 2 aromatic rings. The van der Waals surface area contributed by atoms with Crippen molar-refractivity contribution in [3.8, 4) is 0 Å². The first-order chi connectivity index (χ1) is 14.2. The Morgan fingerprint density at radius 1 is 1.07 bits per heavy atom. The summed E-state index contributed by atoms with van der Waals surface area (Å²) in [6.45, 7) is 7.14. The number of fused-ring (bicyclic) bond motifs is 1. The second kappa shape index (κ2) is 9.04. The standard InChI is InChI=1S/C24H27NO4S/c1-16-13-17-9-5-7-11-19(17)25(16)22(27)15-30-20-12-8-6-10-18(20)23(28)29-14-21(26)24(2,3)4/h5-12,16H,13-15H2,1-4H3/t16-/m0/s1. The number of nitrogens with zero attached hydrogens (tertiary/aromatic N) is 1. The lowest BCUT2D eigenvalue weighted by Gasteiger charge is -2.22. The first-order valence-corrected chi connectivity index (χ1v) is 11.0. The summed E-state index contributed by atoms with van der Waals surface area (Å²) >= 11 is 1.31. The van der Waals surface area contributed by atoms with Gasteiger partial charge in [-0.2, -0.15) is 0 Å². The van der Waals surface area contributed by atoms with Crippen molar-refractivity contribution < 1.29 is 19.1 Å². The molecule has 0 spiro atoms. The molecule has 1 heterocycles. The largest absolute Gasteiger partial charge is 0.454 e. The molecule has 0 saturated carbocycles. The van der Waals surface area contributed by atoms with E-state index in [0.717, 1.165) is 12.1 Å². The third-order valence-electron chi connectivity index (χ3n) is 5.10. The number of anilines is 1. The number of thioether (sulfide) groups is 1. The number of hydrogen-bond acceptors (Lipinski definition) is 5. The second-order valence-electron chi connectivity index (χ2n) is 8.48. The monoisotopic (exact) mass is 425 g/mol. The van der Waals surface area contributed by atoms with Crippen LogP contribution in [0, 0.1) is 5.41 Å². The molecule has 1 atom stereocenters. The Hall–Kier alpha value is -2.60. The lowest BCUT2D eigenvalue weighted by Crippen LogP contribution is -2.37. The number of benzene rings is 2. The smallest absolute Gasteiger partial charge is 0.339 e. The number of amides is 1. The molecule has 3 rings (SSSR count). The average Bonchev–Trinajstić information content (AvgIpc) is 3.05. The number of ketones is 1. The molecule has 158 valence electrons. The van der Waals surface area contributed by atoms with Crippen LogP contribution in [0.5, 0.6) is 0 Å². The minimum Gasteiger partial charge on any atom is -0.454 e. The number of ether oxygens (including phenoxy) is 1. The Labute approximate surface area is 181 Å². The molecule has 1 aliphatic rings. The van der Waals surface area contributed by atoms with Gasteiger partial charge in [0.1, 0.15) is 0 Å². The summed E-state index contributed by atoms with van der Waals surface area (Å²) in [4.78, 5) is 40.0. The van der Waals surface area contributed by atoms with Crippen LogP contribution in [0.1, 0.15) is 43.6 Å². The number of carbonyl (C=O) groups excluding carboxylic acids is 3. The van der Waals surface area contributed by atoms with Gasteiger partial charge >= 0.3 is 5.97 Å². The van der Waals surface area contributed by atoms with E-state index in [4.69, 9.17) is 4.74 Å². The van der Waals surface area contributed by atoms with Crippen LogP contribution >= 0.6 is 11.8 Å². The summed E-state index contributed by atoms with van der Waals surface area (Å²) in [5.41, 5.74) is 1.94. The van der Waals surface area contributed by atoms with Gasteiger partial charge in [0, 0.05) is 22.0 Å². The third-order valence-corrected chi connectivity index (χ3v) is 6.16. The van der Waals surface area contributed by atoms with Crippen molar-refractivity contribution in [2.75, 3.05) is 17.3 Å². The molecule has 0 bridgehead atoms. The van der Waals surface area contributed by atoms with E-state index in [-0.39, 0.29) is 30.1 Å². The third kappa shape index (κ3) is 4.93. The number of Topliss-reactive ketones (excluding diaryl/α,β-unsaturated/α-hetero) is 1. The number of carbonyl (C=O) groups is 3. The maximum absolute atomic E-state index is 12.9. The second-order valence-corrected chi connectivity index (χ2v) is 9.50. The first kappa shape index (κ1) is 22.1. The molecule has 0 N–H and O–H groups in total. The molecular weight excluding hydrogens is 398 g/mol. The molecule has 0 fully saturated rings. The maximum Gasteiger partial charge on any atom is 0.339 e. The van der Waals surface area contributed by atoms with Crippen molar-refractivity contribution >= 4 is 35.1 Å². The molecule has 0 aliphatic carbocycles. The van der Waals surface area contributed by atoms with E-state index in [1.807, 2.05) is 36.1 Å². The highest BCUT2D eigenvalue weighted by molar-refractivity contribution is 8.00. The zero-order chi connectivity index (χ0) is 21.9. The molecule has 0 radical (unpaired) electrons. The normalized spacial score (nSPS) is 15.6. The van der Waals surface area contributed by atoms with E-state index < -0.39 is 11.4 Å². The lowest BCUT2D eigenvalue weighted by atomic mass is 9.91. The fourth-order valence-electron chi connectivity index (χ4n) is 3.34. The minimum absolute atomic E-state index is 0.00327. The SMILES string of the molecule is C[C@H]1Cc2ccccc2N1C(=O)CSc1ccccc1C(=O)OCC(=O)C(C)(C)C. The summed E-state index contributed by atoms with van der Waals surface area (Å²) in [7, 11) is 0. The fourth-order valence-corrected chi connectivity index (χ4v) is 4.24. The molecule has 6 heteroatoms. The van der Waals surface area contributed by atoms with Gasteiger partial charge in [-0.1, -0.05) is 51.1 Å². The molecule has 1 amide bonds. The van der Waals surface area contributed by atoms with Crippen molar-refractivity contribution in [3.05, 3.63) is 59.7 Å². The maximum atomic E-state index is 12.9. The number of hydrogen-bond donors (Lipinski definition) is 0. The Balaban J connectivity index is 1.66. The van der Waals surface area contributed by atoms with Gasteiger partial charge in [0.2, 0.25) is 5.91 Å². The van der Waals surface area contributed by atoms with Crippen LogP contribution in [-0.2, 0) is 20.7 Å². The molecule has 1 aliphatic heterocycles. The zero-order valence-electron chi connectivity index (χ0n) is 17.8. The summed E-state index contributed by atoms with van der Waals surface area (Å²) in [6, 6.07) is 15.1. The summed E-state index contributed by atoms with van der Waals surface area (Å²) < 4.78 is 5.23. The summed E-state index contributed by atoms with van der Waals surface area (Å²) in [5.74, 6) is -0.478. The highest BCUT2D eigenvalue weighted by Gasteiger charge is 2.30. The number of esters is 1. The van der Waals surface area contributed by atoms with E-state index in [2.05, 4.69) is 6.07 Å². The molecule has 5 nitrogen and oxygen atoms in total. The van der Waals surface area contributed by atoms with Gasteiger partial charge < -0.3 is 9.64 Å². The van der Waals surface area contributed by atoms with Gasteiger partial charge in [-0.25, -0.2) is 4.79 Å². The van der Waals surface area contributed by atoms with Gasteiger partial charge in [0.25, 0.3) is 0 Å². The van der Waals surface area contributed by atoms with Crippen molar-refractivity contribution in [1.29, 1.82) is 0 Å². The van der Waals surface area contributed by atoms with Crippen LogP contribution in [0.2, 0.25) is 0 Å². The van der Waals surface area contributed by atoms with Crippen molar-refractivity contribution in [1.82, 2.24) is 0 Å². The van der Waals surface area contributed by atoms with Gasteiger partial charge in [-0.3, -0.25) is 9.59 Å². The van der Waals surface area contributed by atoms with Crippen LogP contribution in [0.25, 0.3) is 0 Å². The molecule has 0 saturated heterocycles. The number of para-hydroxylation sites is 1. The van der Waals surface area contributed by atoms with Crippen molar-refractivity contribution in [3.63, 3.8) is 0 Å². The quantitative estimate of drug-likeness (QED) is 0.503. The van der Waals surface area contributed by atoms with Crippen LogP contribution in [-0.4, -0.2) is 36.1 Å². The first-order valence-electron chi connectivity index (χ1n) is 10.0. The Kier molecular flexibility index (Phi) is 6.66. The predicted molar refractivity (Wildman–Crippen MR) is 119 cm³/mol. The van der Waals surface area contributed by atoms with Crippen LogP contribution in [0.4, 0.5) is 5.69 Å². The summed E-state index contributed by atoms with van der Waals surface area (Å²) in [6.07, 6.45) is 0.845. The average molecular weight is 426 g/mol. The lowest BCUT2D eigenvalue weighted by molar-refractivity contribution is -0.129. The van der Waals surface area contributed by atoms with Crippen LogP contribution in [0.3, 0.4) is 0 Å². The van der Waals surface area contributed by atoms with Gasteiger partial charge in [0.05, 0.1) is 11.3 Å².